The molecule has 0 spiro atoms. The lowest BCUT2D eigenvalue weighted by Crippen LogP contribution is -2.46. The van der Waals surface area contributed by atoms with Gasteiger partial charge in [-0.05, 0) is 59.8 Å². The van der Waals surface area contributed by atoms with E-state index in [9.17, 15) is 9.59 Å². The summed E-state index contributed by atoms with van der Waals surface area (Å²) in [4.78, 5) is 25.2. The van der Waals surface area contributed by atoms with Crippen LogP contribution in [0.2, 0.25) is 0 Å². The van der Waals surface area contributed by atoms with Gasteiger partial charge in [-0.1, -0.05) is 6.92 Å². The third-order valence-electron chi connectivity index (χ3n) is 3.85. The molecule has 2 amide bonds. The first kappa shape index (κ1) is 15.8. The van der Waals surface area contributed by atoms with E-state index in [0.717, 1.165) is 19.4 Å². The van der Waals surface area contributed by atoms with Gasteiger partial charge in [0.2, 0.25) is 0 Å². The lowest BCUT2D eigenvalue weighted by atomic mass is 9.94. The lowest BCUT2D eigenvalue weighted by molar-refractivity contribution is 0.0696. The van der Waals surface area contributed by atoms with Gasteiger partial charge in [-0.3, -0.25) is 0 Å². The smallest absolute Gasteiger partial charge is 0.336 e. The van der Waals surface area contributed by atoms with Crippen molar-refractivity contribution in [2.75, 3.05) is 11.9 Å². The summed E-state index contributed by atoms with van der Waals surface area (Å²) < 4.78 is 0.494. The van der Waals surface area contributed by atoms with Crippen LogP contribution < -0.4 is 5.32 Å². The monoisotopic (exact) mass is 354 g/mol. The fourth-order valence-electron chi connectivity index (χ4n) is 2.67. The average molecular weight is 355 g/mol. The molecule has 0 aliphatic carbocycles. The molecule has 2 rings (SSSR count). The first-order chi connectivity index (χ1) is 9.88. The highest BCUT2D eigenvalue weighted by Crippen LogP contribution is 2.24. The van der Waals surface area contributed by atoms with Crippen LogP contribution in [0.15, 0.2) is 22.7 Å². The number of carboxylic acids is 1. The SMILES string of the molecule is CC1CCN(C(=O)Nc2ccc(Br)c(C(=O)O)c2)C(C)C1. The van der Waals surface area contributed by atoms with Gasteiger partial charge in [0.15, 0.2) is 0 Å². The van der Waals surface area contributed by atoms with Gasteiger partial charge >= 0.3 is 12.0 Å². The molecular formula is C15H19BrN2O3. The molecule has 2 N–H and O–H groups in total. The second-order valence-corrected chi connectivity index (χ2v) is 6.46. The van der Waals surface area contributed by atoms with Gasteiger partial charge in [0.25, 0.3) is 0 Å². The summed E-state index contributed by atoms with van der Waals surface area (Å²) in [6, 6.07) is 4.80. The van der Waals surface area contributed by atoms with E-state index in [0.29, 0.717) is 16.1 Å². The minimum absolute atomic E-state index is 0.133. The number of piperidine rings is 1. The number of likely N-dealkylation sites (tertiary alicyclic amines) is 1. The van der Waals surface area contributed by atoms with Crippen molar-refractivity contribution in [2.45, 2.75) is 32.7 Å². The lowest BCUT2D eigenvalue weighted by Gasteiger charge is -2.36. The van der Waals surface area contributed by atoms with Crippen molar-refractivity contribution in [3.05, 3.63) is 28.2 Å². The second kappa shape index (κ2) is 6.47. The predicted molar refractivity (Wildman–Crippen MR) is 84.7 cm³/mol. The summed E-state index contributed by atoms with van der Waals surface area (Å²) in [6.07, 6.45) is 1.99. The molecule has 1 aliphatic rings. The van der Waals surface area contributed by atoms with Crippen molar-refractivity contribution in [3.8, 4) is 0 Å². The molecule has 1 aromatic rings. The molecule has 0 bridgehead atoms. The van der Waals surface area contributed by atoms with Crippen LogP contribution in [0.25, 0.3) is 0 Å². The van der Waals surface area contributed by atoms with E-state index in [-0.39, 0.29) is 17.6 Å². The summed E-state index contributed by atoms with van der Waals surface area (Å²) in [5.74, 6) is -0.395. The van der Waals surface area contributed by atoms with Gasteiger partial charge in [0, 0.05) is 22.7 Å². The number of hydrogen-bond acceptors (Lipinski definition) is 2. The van der Waals surface area contributed by atoms with Gasteiger partial charge in [-0.2, -0.15) is 0 Å². The van der Waals surface area contributed by atoms with E-state index in [2.05, 4.69) is 28.2 Å². The standard InChI is InChI=1S/C15H19BrN2O3/c1-9-5-6-18(10(2)7-9)15(21)17-11-3-4-13(16)12(8-11)14(19)20/h3-4,8-10H,5-7H2,1-2H3,(H,17,21)(H,19,20). The molecule has 21 heavy (non-hydrogen) atoms. The fraction of sp³-hybridized carbons (Fsp3) is 0.467. The average Bonchev–Trinajstić information content (AvgIpc) is 2.40. The highest BCUT2D eigenvalue weighted by Gasteiger charge is 2.26. The number of halogens is 1. The first-order valence-corrected chi connectivity index (χ1v) is 7.78. The first-order valence-electron chi connectivity index (χ1n) is 6.99. The summed E-state index contributed by atoms with van der Waals surface area (Å²) in [5, 5.41) is 11.9. The molecule has 1 heterocycles. The molecule has 1 aliphatic heterocycles. The van der Waals surface area contributed by atoms with E-state index >= 15 is 0 Å². The minimum atomic E-state index is -1.03. The quantitative estimate of drug-likeness (QED) is 0.848. The van der Waals surface area contributed by atoms with Crippen LogP contribution in [0, 0.1) is 5.92 Å². The zero-order chi connectivity index (χ0) is 15.6. The van der Waals surface area contributed by atoms with Crippen molar-refractivity contribution in [2.24, 2.45) is 5.92 Å². The Morgan fingerprint density at radius 2 is 2.10 bits per heavy atom. The van der Waals surface area contributed by atoms with Crippen LogP contribution >= 0.6 is 15.9 Å². The number of benzene rings is 1. The second-order valence-electron chi connectivity index (χ2n) is 5.60. The number of nitrogens with one attached hydrogen (secondary N) is 1. The largest absolute Gasteiger partial charge is 0.478 e. The van der Waals surface area contributed by atoms with Crippen LogP contribution in [0.4, 0.5) is 10.5 Å². The third-order valence-corrected chi connectivity index (χ3v) is 4.54. The van der Waals surface area contributed by atoms with Crippen molar-refractivity contribution in [1.82, 2.24) is 4.90 Å². The predicted octanol–water partition coefficient (Wildman–Crippen LogP) is 3.80. The number of carboxylic acid groups (broad SMARTS) is 1. The molecule has 1 fully saturated rings. The molecule has 114 valence electrons. The van der Waals surface area contributed by atoms with Crippen LogP contribution in [0.5, 0.6) is 0 Å². The Morgan fingerprint density at radius 3 is 2.71 bits per heavy atom. The summed E-state index contributed by atoms with van der Waals surface area (Å²) in [5.41, 5.74) is 0.625. The van der Waals surface area contributed by atoms with E-state index in [4.69, 9.17) is 5.11 Å². The van der Waals surface area contributed by atoms with Gasteiger partial charge in [-0.15, -0.1) is 0 Å². The highest BCUT2D eigenvalue weighted by molar-refractivity contribution is 9.10. The van der Waals surface area contributed by atoms with Crippen molar-refractivity contribution < 1.29 is 14.7 Å². The zero-order valence-corrected chi connectivity index (χ0v) is 13.7. The minimum Gasteiger partial charge on any atom is -0.478 e. The summed E-state index contributed by atoms with van der Waals surface area (Å²) in [6.45, 7) is 4.97. The number of amides is 2. The zero-order valence-electron chi connectivity index (χ0n) is 12.1. The molecule has 5 nitrogen and oxygen atoms in total. The number of urea groups is 1. The Morgan fingerprint density at radius 1 is 1.38 bits per heavy atom. The summed E-state index contributed by atoms with van der Waals surface area (Å²) in [7, 11) is 0. The van der Waals surface area contributed by atoms with Crippen LogP contribution in [-0.4, -0.2) is 34.6 Å². The number of nitrogens with zero attached hydrogens (tertiary/aromatic N) is 1. The Bertz CT molecular complexity index is 562. The number of anilines is 1. The molecule has 1 aromatic carbocycles. The fourth-order valence-corrected chi connectivity index (χ4v) is 3.09. The topological polar surface area (TPSA) is 69.6 Å². The number of aromatic carboxylic acids is 1. The van der Waals surface area contributed by atoms with E-state index in [1.807, 2.05) is 11.8 Å². The van der Waals surface area contributed by atoms with E-state index < -0.39 is 5.97 Å². The van der Waals surface area contributed by atoms with Gasteiger partial charge in [-0.25, -0.2) is 9.59 Å². The van der Waals surface area contributed by atoms with Crippen molar-refractivity contribution in [1.29, 1.82) is 0 Å². The maximum absolute atomic E-state index is 12.3. The van der Waals surface area contributed by atoms with Crippen LogP contribution in [-0.2, 0) is 0 Å². The molecule has 2 atom stereocenters. The molecule has 6 heteroatoms. The maximum atomic E-state index is 12.3. The van der Waals surface area contributed by atoms with Crippen molar-refractivity contribution in [3.63, 3.8) is 0 Å². The molecule has 2 unspecified atom stereocenters. The number of hydrogen-bond donors (Lipinski definition) is 2. The number of carbonyl (C=O) groups excluding carboxylic acids is 1. The molecule has 1 saturated heterocycles. The number of rotatable bonds is 2. The summed E-state index contributed by atoms with van der Waals surface area (Å²) >= 11 is 3.19. The van der Waals surface area contributed by atoms with Crippen molar-refractivity contribution >= 4 is 33.6 Å². The highest BCUT2D eigenvalue weighted by atomic mass is 79.9. The van der Waals surface area contributed by atoms with E-state index in [1.54, 1.807) is 12.1 Å². The molecular weight excluding hydrogens is 336 g/mol. The third kappa shape index (κ3) is 3.75. The normalized spacial score (nSPS) is 22.0. The molecule has 0 radical (unpaired) electrons. The van der Waals surface area contributed by atoms with Gasteiger partial charge < -0.3 is 15.3 Å². The van der Waals surface area contributed by atoms with Crippen LogP contribution in [0.3, 0.4) is 0 Å². The Labute approximate surface area is 132 Å². The van der Waals surface area contributed by atoms with Crippen LogP contribution in [0.1, 0.15) is 37.0 Å². The van der Waals surface area contributed by atoms with Gasteiger partial charge in [0.05, 0.1) is 5.56 Å². The Hall–Kier alpha value is -1.56. The Kier molecular flexibility index (Phi) is 4.88. The Balaban J connectivity index is 2.09. The molecule has 0 saturated carbocycles. The molecule has 0 aromatic heterocycles. The van der Waals surface area contributed by atoms with Gasteiger partial charge in [0.1, 0.15) is 0 Å². The van der Waals surface area contributed by atoms with E-state index in [1.165, 1.54) is 6.07 Å². The maximum Gasteiger partial charge on any atom is 0.336 e. The number of carbonyl (C=O) groups is 2.